The van der Waals surface area contributed by atoms with Gasteiger partial charge in [0.05, 0.1) is 3.79 Å². The van der Waals surface area contributed by atoms with E-state index in [1.165, 1.54) is 40.8 Å². The highest BCUT2D eigenvalue weighted by Gasteiger charge is 2.29. The molecule has 1 heterocycles. The van der Waals surface area contributed by atoms with Crippen molar-refractivity contribution >= 4 is 27.3 Å². The van der Waals surface area contributed by atoms with E-state index in [0.29, 0.717) is 6.04 Å². The molecule has 1 aliphatic carbocycles. The normalized spacial score (nSPS) is 26.2. The summed E-state index contributed by atoms with van der Waals surface area (Å²) in [5, 5.41) is 3.72. The molecule has 1 aliphatic rings. The van der Waals surface area contributed by atoms with Gasteiger partial charge in [0.25, 0.3) is 0 Å². The highest BCUT2D eigenvalue weighted by molar-refractivity contribution is 9.11. The molecule has 102 valence electrons. The lowest BCUT2D eigenvalue weighted by atomic mass is 9.76. The Morgan fingerprint density at radius 3 is 2.83 bits per heavy atom. The zero-order valence-corrected chi connectivity index (χ0v) is 13.8. The van der Waals surface area contributed by atoms with E-state index < -0.39 is 0 Å². The molecule has 0 aromatic carbocycles. The molecule has 0 radical (unpaired) electrons. The maximum Gasteiger partial charge on any atom is 0.0701 e. The number of halogens is 1. The third kappa shape index (κ3) is 3.58. The molecule has 18 heavy (non-hydrogen) atoms. The minimum absolute atomic E-state index is 0.570. The lowest BCUT2D eigenvalue weighted by Gasteiger charge is -2.34. The van der Waals surface area contributed by atoms with Crippen molar-refractivity contribution in [2.45, 2.75) is 52.0 Å². The first-order chi connectivity index (χ1) is 8.74. The Hall–Kier alpha value is 0.140. The Kier molecular flexibility index (Phi) is 5.71. The predicted molar refractivity (Wildman–Crippen MR) is 84.2 cm³/mol. The summed E-state index contributed by atoms with van der Waals surface area (Å²) in [7, 11) is 0. The minimum Gasteiger partial charge on any atom is -0.309 e. The largest absolute Gasteiger partial charge is 0.309 e. The molecule has 0 bridgehead atoms. The van der Waals surface area contributed by atoms with Gasteiger partial charge in [-0.15, -0.1) is 11.3 Å². The van der Waals surface area contributed by atoms with Crippen LogP contribution in [0.1, 0.15) is 56.9 Å². The van der Waals surface area contributed by atoms with Crippen LogP contribution in [0.3, 0.4) is 0 Å². The Labute approximate surface area is 123 Å². The van der Waals surface area contributed by atoms with Gasteiger partial charge in [-0.3, -0.25) is 0 Å². The molecule has 2 rings (SSSR count). The number of hydrogen-bond acceptors (Lipinski definition) is 2. The minimum atomic E-state index is 0.570. The number of thiophene rings is 1. The molecule has 1 nitrogen and oxygen atoms in total. The van der Waals surface area contributed by atoms with Gasteiger partial charge < -0.3 is 5.32 Å². The number of hydrogen-bond donors (Lipinski definition) is 1. The summed E-state index contributed by atoms with van der Waals surface area (Å²) >= 11 is 5.48. The quantitative estimate of drug-likeness (QED) is 0.764. The standard InChI is InChI=1S/C15H24BrNS/c1-3-11-6-5-7-12(10-11)15(17-4-2)13-8-9-14(16)18-13/h8-9,11-12,15,17H,3-7,10H2,1-2H3. The number of nitrogens with one attached hydrogen (secondary N) is 1. The summed E-state index contributed by atoms with van der Waals surface area (Å²) in [4.78, 5) is 1.51. The van der Waals surface area contributed by atoms with E-state index in [1.807, 2.05) is 11.3 Å². The van der Waals surface area contributed by atoms with Crippen molar-refractivity contribution in [3.8, 4) is 0 Å². The highest BCUT2D eigenvalue weighted by Crippen LogP contribution is 2.40. The average Bonchev–Trinajstić information content (AvgIpc) is 2.82. The Morgan fingerprint density at radius 1 is 1.39 bits per heavy atom. The van der Waals surface area contributed by atoms with Gasteiger partial charge in [-0.05, 0) is 59.3 Å². The van der Waals surface area contributed by atoms with Crippen LogP contribution in [0.5, 0.6) is 0 Å². The lowest BCUT2D eigenvalue weighted by Crippen LogP contribution is -2.31. The van der Waals surface area contributed by atoms with E-state index in [4.69, 9.17) is 0 Å². The van der Waals surface area contributed by atoms with Crippen LogP contribution in [-0.2, 0) is 0 Å². The van der Waals surface area contributed by atoms with Crippen molar-refractivity contribution in [3.05, 3.63) is 20.8 Å². The maximum absolute atomic E-state index is 3.72. The fraction of sp³-hybridized carbons (Fsp3) is 0.733. The first-order valence-corrected chi connectivity index (χ1v) is 8.84. The molecular formula is C15H24BrNS. The molecule has 1 fully saturated rings. The van der Waals surface area contributed by atoms with Crippen LogP contribution in [0.25, 0.3) is 0 Å². The molecule has 3 unspecified atom stereocenters. The van der Waals surface area contributed by atoms with Crippen LogP contribution < -0.4 is 5.32 Å². The molecule has 1 aromatic rings. The molecule has 1 saturated carbocycles. The lowest BCUT2D eigenvalue weighted by molar-refractivity contribution is 0.212. The SMILES string of the molecule is CCNC(c1ccc(Br)s1)C1CCCC(CC)C1. The van der Waals surface area contributed by atoms with Crippen LogP contribution in [0, 0.1) is 11.8 Å². The zero-order chi connectivity index (χ0) is 13.0. The fourth-order valence-corrected chi connectivity index (χ4v) is 4.81. The van der Waals surface area contributed by atoms with Gasteiger partial charge in [-0.1, -0.05) is 33.1 Å². The maximum atomic E-state index is 3.72. The van der Waals surface area contributed by atoms with Crippen LogP contribution in [-0.4, -0.2) is 6.54 Å². The van der Waals surface area contributed by atoms with Crippen LogP contribution in [0.15, 0.2) is 15.9 Å². The zero-order valence-electron chi connectivity index (χ0n) is 11.4. The van der Waals surface area contributed by atoms with Crippen LogP contribution in [0.4, 0.5) is 0 Å². The van der Waals surface area contributed by atoms with Gasteiger partial charge >= 0.3 is 0 Å². The first-order valence-electron chi connectivity index (χ1n) is 7.23. The van der Waals surface area contributed by atoms with Crippen molar-refractivity contribution in [3.63, 3.8) is 0 Å². The van der Waals surface area contributed by atoms with E-state index in [0.717, 1.165) is 18.4 Å². The Balaban J connectivity index is 2.09. The summed E-state index contributed by atoms with van der Waals surface area (Å²) in [6.07, 6.45) is 7.01. The first kappa shape index (κ1) is 14.5. The molecule has 0 spiro atoms. The third-order valence-electron chi connectivity index (χ3n) is 4.20. The van der Waals surface area contributed by atoms with E-state index in [-0.39, 0.29) is 0 Å². The van der Waals surface area contributed by atoms with Crippen molar-refractivity contribution < 1.29 is 0 Å². The third-order valence-corrected chi connectivity index (χ3v) is 5.90. The van der Waals surface area contributed by atoms with Gasteiger partial charge in [0.2, 0.25) is 0 Å². The van der Waals surface area contributed by atoms with Gasteiger partial charge in [0.1, 0.15) is 0 Å². The molecule has 0 aliphatic heterocycles. The molecule has 0 saturated heterocycles. The Bertz CT molecular complexity index is 363. The Morgan fingerprint density at radius 2 is 2.22 bits per heavy atom. The van der Waals surface area contributed by atoms with E-state index in [1.54, 1.807) is 0 Å². The summed E-state index contributed by atoms with van der Waals surface area (Å²) in [5.41, 5.74) is 0. The van der Waals surface area contributed by atoms with Crippen LogP contribution >= 0.6 is 27.3 Å². The van der Waals surface area contributed by atoms with Gasteiger partial charge in [-0.25, -0.2) is 0 Å². The van der Waals surface area contributed by atoms with E-state index in [9.17, 15) is 0 Å². The molecule has 0 amide bonds. The monoisotopic (exact) mass is 329 g/mol. The summed E-state index contributed by atoms with van der Waals surface area (Å²) < 4.78 is 1.25. The molecule has 3 atom stereocenters. The van der Waals surface area contributed by atoms with Gasteiger partial charge in [0, 0.05) is 10.9 Å². The van der Waals surface area contributed by atoms with E-state index >= 15 is 0 Å². The second-order valence-corrected chi connectivity index (χ2v) is 7.87. The smallest absolute Gasteiger partial charge is 0.0701 e. The second kappa shape index (κ2) is 7.06. The topological polar surface area (TPSA) is 12.0 Å². The van der Waals surface area contributed by atoms with Crippen molar-refractivity contribution in [2.24, 2.45) is 11.8 Å². The van der Waals surface area contributed by atoms with E-state index in [2.05, 4.69) is 47.2 Å². The van der Waals surface area contributed by atoms with Crippen molar-refractivity contribution in [1.82, 2.24) is 5.32 Å². The summed E-state index contributed by atoms with van der Waals surface area (Å²) in [5.74, 6) is 1.78. The van der Waals surface area contributed by atoms with Gasteiger partial charge in [0.15, 0.2) is 0 Å². The molecule has 3 heteroatoms. The van der Waals surface area contributed by atoms with Gasteiger partial charge in [-0.2, -0.15) is 0 Å². The fourth-order valence-electron chi connectivity index (χ4n) is 3.22. The van der Waals surface area contributed by atoms with Crippen molar-refractivity contribution in [1.29, 1.82) is 0 Å². The number of rotatable bonds is 5. The average molecular weight is 330 g/mol. The molecule has 1 aromatic heterocycles. The van der Waals surface area contributed by atoms with Crippen LogP contribution in [0.2, 0.25) is 0 Å². The predicted octanol–water partition coefficient (Wildman–Crippen LogP) is 5.38. The second-order valence-electron chi connectivity index (χ2n) is 5.38. The highest BCUT2D eigenvalue weighted by atomic mass is 79.9. The molecule has 1 N–H and O–H groups in total. The molecular weight excluding hydrogens is 306 g/mol. The summed E-state index contributed by atoms with van der Waals surface area (Å²) in [6, 6.07) is 5.04. The summed E-state index contributed by atoms with van der Waals surface area (Å²) in [6.45, 7) is 5.63. The van der Waals surface area contributed by atoms with Crippen molar-refractivity contribution in [2.75, 3.05) is 6.54 Å².